The number of hydrogen-bond acceptors (Lipinski definition) is 4. The number of benzene rings is 1. The molecule has 1 aliphatic rings. The minimum Gasteiger partial charge on any atom is -0.429 e. The second kappa shape index (κ2) is 7.25. The highest BCUT2D eigenvalue weighted by molar-refractivity contribution is 5.89. The Hall–Kier alpha value is -1.39. The summed E-state index contributed by atoms with van der Waals surface area (Å²) < 4.78 is 11.3. The highest BCUT2D eigenvalue weighted by atomic mass is 16.7. The molecular formula is C18H26O4. The molecule has 0 saturated carbocycles. The fraction of sp³-hybridized carbons (Fsp3) is 0.611. The summed E-state index contributed by atoms with van der Waals surface area (Å²) in [5.74, 6) is 0.269. The molecule has 1 aromatic rings. The molecule has 5 atom stereocenters. The first kappa shape index (κ1) is 17.0. The van der Waals surface area contributed by atoms with E-state index in [1.165, 1.54) is 0 Å². The zero-order valence-electron chi connectivity index (χ0n) is 13.7. The predicted molar refractivity (Wildman–Crippen MR) is 84.3 cm³/mol. The number of carbonyl (C=O) groups is 1. The van der Waals surface area contributed by atoms with Gasteiger partial charge in [-0.05, 0) is 36.3 Å². The monoisotopic (exact) mass is 306 g/mol. The van der Waals surface area contributed by atoms with Gasteiger partial charge in [-0.1, -0.05) is 45.9 Å². The van der Waals surface area contributed by atoms with Crippen LogP contribution in [0.4, 0.5) is 0 Å². The van der Waals surface area contributed by atoms with Gasteiger partial charge in [-0.3, -0.25) is 0 Å². The summed E-state index contributed by atoms with van der Waals surface area (Å²) in [6.07, 6.45) is -0.821. The standard InChI is InChI=1S/C18H26O4/c1-11(2)10-15-12(3)13(4)16(19)18(21-15)22-17(20)14-8-6-5-7-9-14/h5-9,11-13,15-16,18-19H,10H2,1-4H3/t12-,13-,15-,16-,18?/m1/s1. The van der Waals surface area contributed by atoms with E-state index in [-0.39, 0.29) is 17.9 Å². The van der Waals surface area contributed by atoms with E-state index in [0.717, 1.165) is 6.42 Å². The molecule has 1 aliphatic heterocycles. The van der Waals surface area contributed by atoms with Crippen molar-refractivity contribution in [1.82, 2.24) is 0 Å². The lowest BCUT2D eigenvalue weighted by molar-refractivity contribution is -0.251. The van der Waals surface area contributed by atoms with Gasteiger partial charge in [0.05, 0.1) is 11.7 Å². The van der Waals surface area contributed by atoms with Crippen molar-refractivity contribution in [3.05, 3.63) is 35.9 Å². The number of carbonyl (C=O) groups excluding carboxylic acids is 1. The van der Waals surface area contributed by atoms with E-state index in [0.29, 0.717) is 11.5 Å². The quantitative estimate of drug-likeness (QED) is 0.868. The molecule has 1 N–H and O–H groups in total. The Labute approximate surface area is 132 Å². The van der Waals surface area contributed by atoms with E-state index in [1.807, 2.05) is 13.0 Å². The molecule has 0 aliphatic carbocycles. The van der Waals surface area contributed by atoms with Gasteiger partial charge in [-0.2, -0.15) is 0 Å². The lowest BCUT2D eigenvalue weighted by atomic mass is 9.81. The third-order valence-corrected chi connectivity index (χ3v) is 4.48. The van der Waals surface area contributed by atoms with Crippen LogP contribution in [0.3, 0.4) is 0 Å². The van der Waals surface area contributed by atoms with Crippen LogP contribution in [0.1, 0.15) is 44.5 Å². The van der Waals surface area contributed by atoms with Gasteiger partial charge in [0.25, 0.3) is 0 Å². The Balaban J connectivity index is 2.07. The molecule has 1 unspecified atom stereocenters. The topological polar surface area (TPSA) is 55.8 Å². The molecule has 1 aromatic carbocycles. The zero-order valence-corrected chi connectivity index (χ0v) is 13.7. The smallest absolute Gasteiger partial charge is 0.340 e. The van der Waals surface area contributed by atoms with Crippen LogP contribution in [-0.2, 0) is 9.47 Å². The van der Waals surface area contributed by atoms with Gasteiger partial charge in [0.2, 0.25) is 6.29 Å². The van der Waals surface area contributed by atoms with Crippen LogP contribution in [0.2, 0.25) is 0 Å². The summed E-state index contributed by atoms with van der Waals surface area (Å²) in [7, 11) is 0. The molecule has 0 bridgehead atoms. The fourth-order valence-corrected chi connectivity index (χ4v) is 2.85. The number of ether oxygens (including phenoxy) is 2. The van der Waals surface area contributed by atoms with Gasteiger partial charge in [0.15, 0.2) is 0 Å². The Morgan fingerprint density at radius 2 is 1.86 bits per heavy atom. The van der Waals surface area contributed by atoms with Gasteiger partial charge in [-0.25, -0.2) is 4.79 Å². The van der Waals surface area contributed by atoms with E-state index in [9.17, 15) is 9.90 Å². The van der Waals surface area contributed by atoms with E-state index >= 15 is 0 Å². The number of esters is 1. The number of rotatable bonds is 4. The second-order valence-electron chi connectivity index (χ2n) is 6.65. The van der Waals surface area contributed by atoms with E-state index in [4.69, 9.17) is 9.47 Å². The molecule has 0 amide bonds. The van der Waals surface area contributed by atoms with E-state index < -0.39 is 18.4 Å². The maximum atomic E-state index is 12.2. The van der Waals surface area contributed by atoms with Crippen LogP contribution < -0.4 is 0 Å². The van der Waals surface area contributed by atoms with Gasteiger partial charge in [0, 0.05) is 0 Å². The number of hydrogen-bond donors (Lipinski definition) is 1. The van der Waals surface area contributed by atoms with Gasteiger partial charge < -0.3 is 14.6 Å². The van der Waals surface area contributed by atoms with Gasteiger partial charge >= 0.3 is 5.97 Å². The van der Waals surface area contributed by atoms with Crippen LogP contribution in [-0.4, -0.2) is 29.6 Å². The molecule has 4 nitrogen and oxygen atoms in total. The molecule has 4 heteroatoms. The summed E-state index contributed by atoms with van der Waals surface area (Å²) in [6.45, 7) is 8.33. The van der Waals surface area contributed by atoms with Crippen molar-refractivity contribution in [3.63, 3.8) is 0 Å². The molecule has 122 valence electrons. The van der Waals surface area contributed by atoms with Crippen molar-refractivity contribution >= 4 is 5.97 Å². The van der Waals surface area contributed by atoms with Crippen LogP contribution >= 0.6 is 0 Å². The largest absolute Gasteiger partial charge is 0.429 e. The molecular weight excluding hydrogens is 280 g/mol. The average Bonchev–Trinajstić information content (AvgIpc) is 2.50. The first-order valence-electron chi connectivity index (χ1n) is 7.99. The minimum atomic E-state index is -0.900. The average molecular weight is 306 g/mol. The Morgan fingerprint density at radius 3 is 2.45 bits per heavy atom. The summed E-state index contributed by atoms with van der Waals surface area (Å²) in [4.78, 5) is 12.2. The lowest BCUT2D eigenvalue weighted by Crippen LogP contribution is -2.51. The molecule has 2 rings (SSSR count). The first-order chi connectivity index (χ1) is 10.4. The molecule has 22 heavy (non-hydrogen) atoms. The van der Waals surface area contributed by atoms with Gasteiger partial charge in [-0.15, -0.1) is 0 Å². The molecule has 0 spiro atoms. The van der Waals surface area contributed by atoms with Gasteiger partial charge in [0.1, 0.15) is 6.10 Å². The predicted octanol–water partition coefficient (Wildman–Crippen LogP) is 3.25. The van der Waals surface area contributed by atoms with Crippen molar-refractivity contribution in [3.8, 4) is 0 Å². The first-order valence-corrected chi connectivity index (χ1v) is 7.99. The highest BCUT2D eigenvalue weighted by Crippen LogP contribution is 2.34. The summed E-state index contributed by atoms with van der Waals surface area (Å²) in [6, 6.07) is 8.78. The maximum Gasteiger partial charge on any atom is 0.340 e. The minimum absolute atomic E-state index is 0.00743. The summed E-state index contributed by atoms with van der Waals surface area (Å²) in [5.41, 5.74) is 0.463. The second-order valence-corrected chi connectivity index (χ2v) is 6.65. The van der Waals surface area contributed by atoms with Crippen molar-refractivity contribution in [1.29, 1.82) is 0 Å². The van der Waals surface area contributed by atoms with Crippen molar-refractivity contribution in [2.75, 3.05) is 0 Å². The molecule has 1 heterocycles. The number of aliphatic hydroxyl groups excluding tert-OH is 1. The Bertz CT molecular complexity index is 485. The zero-order chi connectivity index (χ0) is 16.3. The van der Waals surface area contributed by atoms with Crippen LogP contribution in [0.15, 0.2) is 30.3 Å². The molecule has 0 radical (unpaired) electrons. The third-order valence-electron chi connectivity index (χ3n) is 4.48. The third kappa shape index (κ3) is 3.87. The van der Waals surface area contributed by atoms with Crippen molar-refractivity contribution in [2.45, 2.75) is 52.6 Å². The van der Waals surface area contributed by atoms with Crippen molar-refractivity contribution in [2.24, 2.45) is 17.8 Å². The lowest BCUT2D eigenvalue weighted by Gasteiger charge is -2.42. The van der Waals surface area contributed by atoms with Crippen LogP contribution in [0, 0.1) is 17.8 Å². The van der Waals surface area contributed by atoms with E-state index in [1.54, 1.807) is 24.3 Å². The van der Waals surface area contributed by atoms with Crippen LogP contribution in [0.25, 0.3) is 0 Å². The Kier molecular flexibility index (Phi) is 5.59. The Morgan fingerprint density at radius 1 is 1.23 bits per heavy atom. The highest BCUT2D eigenvalue weighted by Gasteiger charge is 2.42. The molecule has 0 aromatic heterocycles. The molecule has 1 saturated heterocycles. The van der Waals surface area contributed by atoms with E-state index in [2.05, 4.69) is 20.8 Å². The van der Waals surface area contributed by atoms with Crippen LogP contribution in [0.5, 0.6) is 0 Å². The number of aliphatic hydroxyl groups is 1. The maximum absolute atomic E-state index is 12.2. The summed E-state index contributed by atoms with van der Waals surface area (Å²) >= 11 is 0. The molecule has 1 fully saturated rings. The van der Waals surface area contributed by atoms with Crippen molar-refractivity contribution < 1.29 is 19.4 Å². The SMILES string of the molecule is CC(C)C[C@H]1OC(OC(=O)c2ccccc2)[C@H](O)[C@H](C)[C@H]1C. The fourth-order valence-electron chi connectivity index (χ4n) is 2.85. The summed E-state index contributed by atoms with van der Waals surface area (Å²) in [5, 5.41) is 10.4. The normalized spacial score (nSPS) is 32.0.